The number of amides is 1. The van der Waals surface area contributed by atoms with Crippen LogP contribution < -0.4 is 0 Å². The molecule has 1 saturated heterocycles. The molecule has 0 N–H and O–H groups in total. The number of carbonyl (C=O) groups excluding carboxylic acids is 1. The van der Waals surface area contributed by atoms with E-state index in [4.69, 9.17) is 9.84 Å². The van der Waals surface area contributed by atoms with Gasteiger partial charge in [0.15, 0.2) is 5.82 Å². The van der Waals surface area contributed by atoms with Gasteiger partial charge in [-0.25, -0.2) is 4.79 Å². The molecule has 1 atom stereocenters. The topological polar surface area (TPSA) is 52.3 Å². The van der Waals surface area contributed by atoms with Crippen LogP contribution >= 0.6 is 0 Å². The summed E-state index contributed by atoms with van der Waals surface area (Å²) in [6.07, 6.45) is 0.643. The second-order valence-electron chi connectivity index (χ2n) is 9.90. The van der Waals surface area contributed by atoms with Crippen LogP contribution in [0.4, 0.5) is 4.79 Å². The molecule has 0 spiro atoms. The fourth-order valence-corrected chi connectivity index (χ4v) is 3.79. The minimum Gasteiger partial charge on any atom is -0.444 e. The van der Waals surface area contributed by atoms with Gasteiger partial charge in [-0.05, 0) is 53.2 Å². The van der Waals surface area contributed by atoms with Gasteiger partial charge in [0.2, 0.25) is 0 Å². The van der Waals surface area contributed by atoms with Crippen molar-refractivity contribution in [3.63, 3.8) is 0 Å². The van der Waals surface area contributed by atoms with E-state index >= 15 is 0 Å². The largest absolute Gasteiger partial charge is 0.444 e. The molecule has 2 aromatic rings. The summed E-state index contributed by atoms with van der Waals surface area (Å²) in [6, 6.07) is 6.58. The highest BCUT2D eigenvalue weighted by molar-refractivity contribution is 5.68. The molecule has 0 radical (unpaired) electrons. The Morgan fingerprint density at radius 1 is 1.11 bits per heavy atom. The highest BCUT2D eigenvalue weighted by Crippen LogP contribution is 2.32. The maximum Gasteiger partial charge on any atom is 0.410 e. The Bertz CT molecular complexity index is 845. The van der Waals surface area contributed by atoms with Crippen LogP contribution in [0.2, 0.25) is 0 Å². The van der Waals surface area contributed by atoms with E-state index < -0.39 is 5.60 Å². The molecule has 0 aromatic carbocycles. The van der Waals surface area contributed by atoms with Gasteiger partial charge < -0.3 is 14.2 Å². The van der Waals surface area contributed by atoms with Gasteiger partial charge in [-0.3, -0.25) is 4.68 Å². The second-order valence-corrected chi connectivity index (χ2v) is 9.90. The normalized spacial score (nSPS) is 18.0. The van der Waals surface area contributed by atoms with Crippen molar-refractivity contribution < 1.29 is 9.53 Å². The second kappa shape index (κ2) is 6.98. The molecule has 3 heterocycles. The lowest BCUT2D eigenvalue weighted by atomic mass is 9.91. The van der Waals surface area contributed by atoms with E-state index in [9.17, 15) is 4.79 Å². The van der Waals surface area contributed by atoms with E-state index in [1.54, 1.807) is 4.90 Å². The Labute approximate surface area is 168 Å². The Kier molecular flexibility index (Phi) is 5.11. The Morgan fingerprint density at radius 2 is 1.71 bits per heavy atom. The number of hydrogen-bond donors (Lipinski definition) is 0. The van der Waals surface area contributed by atoms with E-state index in [0.29, 0.717) is 13.1 Å². The van der Waals surface area contributed by atoms with Crippen molar-refractivity contribution >= 4 is 6.09 Å². The third-order valence-corrected chi connectivity index (χ3v) is 5.15. The lowest BCUT2D eigenvalue weighted by Crippen LogP contribution is -2.35. The number of nitrogens with zero attached hydrogens (tertiary/aromatic N) is 4. The third-order valence-electron chi connectivity index (χ3n) is 5.15. The summed E-state index contributed by atoms with van der Waals surface area (Å²) in [4.78, 5) is 14.3. The summed E-state index contributed by atoms with van der Waals surface area (Å²) in [5.74, 6) is 0.945. The van der Waals surface area contributed by atoms with Gasteiger partial charge in [0.05, 0.1) is 6.04 Å². The lowest BCUT2D eigenvalue weighted by Gasteiger charge is -2.25. The zero-order valence-corrected chi connectivity index (χ0v) is 18.5. The van der Waals surface area contributed by atoms with E-state index in [2.05, 4.69) is 62.1 Å². The number of hydrogen-bond acceptors (Lipinski definition) is 3. The van der Waals surface area contributed by atoms with Crippen LogP contribution in [-0.4, -0.2) is 44.0 Å². The van der Waals surface area contributed by atoms with Gasteiger partial charge >= 0.3 is 6.09 Å². The van der Waals surface area contributed by atoms with Crippen LogP contribution in [0.15, 0.2) is 18.2 Å². The monoisotopic (exact) mass is 386 g/mol. The molecule has 3 rings (SSSR count). The Morgan fingerprint density at radius 3 is 2.25 bits per heavy atom. The summed E-state index contributed by atoms with van der Waals surface area (Å²) in [5, 5.41) is 4.99. The number of aromatic nitrogens is 3. The molecule has 1 fully saturated rings. The molecule has 1 amide bonds. The summed E-state index contributed by atoms with van der Waals surface area (Å²) in [7, 11) is 0. The lowest BCUT2D eigenvalue weighted by molar-refractivity contribution is 0.0288. The average molecular weight is 387 g/mol. The Hall–Kier alpha value is -2.24. The average Bonchev–Trinajstić information content (AvgIpc) is 3.23. The van der Waals surface area contributed by atoms with Crippen LogP contribution in [0.3, 0.4) is 0 Å². The Balaban J connectivity index is 1.91. The predicted octanol–water partition coefficient (Wildman–Crippen LogP) is 4.77. The predicted molar refractivity (Wildman–Crippen MR) is 111 cm³/mol. The van der Waals surface area contributed by atoms with Gasteiger partial charge in [-0.1, -0.05) is 20.8 Å². The molecule has 0 aliphatic carbocycles. The zero-order chi connectivity index (χ0) is 20.9. The molecule has 154 valence electrons. The van der Waals surface area contributed by atoms with Crippen LogP contribution in [0.1, 0.15) is 71.1 Å². The number of aryl methyl sites for hydroxylation is 2. The van der Waals surface area contributed by atoms with E-state index in [1.165, 1.54) is 17.1 Å². The standard InChI is InChI=1S/C22H34N4O2/c1-15-9-10-16(2)25(15)19-13-18(21(3,4)5)26(23-19)17-11-12-24(14-17)20(27)28-22(6,7)8/h9-10,13,17H,11-12,14H2,1-8H3/t17-/m1/s1. The van der Waals surface area contributed by atoms with E-state index in [0.717, 1.165) is 12.2 Å². The molecule has 28 heavy (non-hydrogen) atoms. The summed E-state index contributed by atoms with van der Waals surface area (Å²) < 4.78 is 9.88. The number of likely N-dealkylation sites (tertiary alicyclic amines) is 1. The first-order chi connectivity index (χ1) is 12.9. The molecular weight excluding hydrogens is 352 g/mol. The minimum absolute atomic E-state index is 0.0421. The van der Waals surface area contributed by atoms with Crippen LogP contribution in [0, 0.1) is 13.8 Å². The van der Waals surface area contributed by atoms with Gasteiger partial charge in [0, 0.05) is 41.7 Å². The molecule has 0 unspecified atom stereocenters. The smallest absolute Gasteiger partial charge is 0.410 e. The van der Waals surface area contributed by atoms with Crippen molar-refractivity contribution in [3.05, 3.63) is 35.3 Å². The SMILES string of the molecule is Cc1ccc(C)n1-c1cc(C(C)(C)C)n([C@@H]2CCN(C(=O)OC(C)(C)C)C2)n1. The number of ether oxygens (including phenoxy) is 1. The molecule has 0 saturated carbocycles. The molecular formula is C22H34N4O2. The van der Waals surface area contributed by atoms with Crippen molar-refractivity contribution in [2.45, 2.75) is 78.9 Å². The van der Waals surface area contributed by atoms with Crippen molar-refractivity contribution in [1.82, 2.24) is 19.2 Å². The summed E-state index contributed by atoms with van der Waals surface area (Å²) in [6.45, 7) is 17.8. The number of rotatable bonds is 2. The molecule has 0 bridgehead atoms. The van der Waals surface area contributed by atoms with Gasteiger partial charge in [-0.15, -0.1) is 0 Å². The fourth-order valence-electron chi connectivity index (χ4n) is 3.79. The molecule has 2 aromatic heterocycles. The molecule has 6 nitrogen and oxygen atoms in total. The van der Waals surface area contributed by atoms with Gasteiger partial charge in [0.25, 0.3) is 0 Å². The van der Waals surface area contributed by atoms with Crippen LogP contribution in [-0.2, 0) is 10.2 Å². The third kappa shape index (κ3) is 4.10. The van der Waals surface area contributed by atoms with Gasteiger partial charge in [0.1, 0.15) is 5.60 Å². The first-order valence-electron chi connectivity index (χ1n) is 10.1. The molecule has 1 aliphatic rings. The van der Waals surface area contributed by atoms with Crippen molar-refractivity contribution in [2.75, 3.05) is 13.1 Å². The molecule has 1 aliphatic heterocycles. The minimum atomic E-state index is -0.478. The van der Waals surface area contributed by atoms with Crippen molar-refractivity contribution in [2.24, 2.45) is 0 Å². The van der Waals surface area contributed by atoms with Crippen molar-refractivity contribution in [1.29, 1.82) is 0 Å². The molecule has 6 heteroatoms. The summed E-state index contributed by atoms with van der Waals surface area (Å²) in [5.41, 5.74) is 3.01. The quantitative estimate of drug-likeness (QED) is 0.747. The van der Waals surface area contributed by atoms with E-state index in [-0.39, 0.29) is 17.6 Å². The maximum atomic E-state index is 12.5. The first-order valence-corrected chi connectivity index (χ1v) is 10.1. The maximum absolute atomic E-state index is 12.5. The fraction of sp³-hybridized carbons (Fsp3) is 0.636. The first kappa shape index (κ1) is 20.5. The zero-order valence-electron chi connectivity index (χ0n) is 18.5. The number of carbonyl (C=O) groups is 1. The van der Waals surface area contributed by atoms with E-state index in [1.807, 2.05) is 20.8 Å². The van der Waals surface area contributed by atoms with Crippen LogP contribution in [0.25, 0.3) is 5.82 Å². The van der Waals surface area contributed by atoms with Gasteiger partial charge in [-0.2, -0.15) is 5.10 Å². The van der Waals surface area contributed by atoms with Crippen molar-refractivity contribution in [3.8, 4) is 5.82 Å². The summed E-state index contributed by atoms with van der Waals surface area (Å²) >= 11 is 0. The van der Waals surface area contributed by atoms with Crippen LogP contribution in [0.5, 0.6) is 0 Å². The highest BCUT2D eigenvalue weighted by atomic mass is 16.6. The highest BCUT2D eigenvalue weighted by Gasteiger charge is 2.34.